The molecule has 1 unspecified atom stereocenters. The standard InChI is InChI=1S/C32H40O9/c1-7-23-39-22-13-21-19(15-37-21)25-27(41-29(35)18-11-9-8-10-12-18)32(30(4,5)36)14-20(34)16(2)24(32)26(38-17(3)33)28(40-23)31(22,25)6/h7-12,19-23,25-28,34,36H,1,13-15H2,2-6H3/t19-,20+,21-,22+,23+,25+,26+,27+,28+,31-,32?/m1/s1. The molecule has 2 aliphatic heterocycles. The fraction of sp³-hybridized carbons (Fsp3) is 0.625. The lowest BCUT2D eigenvalue weighted by atomic mass is 9.51. The molecule has 2 saturated carbocycles. The molecule has 1 aromatic carbocycles. The lowest BCUT2D eigenvalue weighted by molar-refractivity contribution is -0.354. The Morgan fingerprint density at radius 1 is 1.17 bits per heavy atom. The quantitative estimate of drug-likeness (QED) is 0.407. The summed E-state index contributed by atoms with van der Waals surface area (Å²) in [7, 11) is 0. The van der Waals surface area contributed by atoms with E-state index in [2.05, 4.69) is 6.58 Å². The summed E-state index contributed by atoms with van der Waals surface area (Å²) < 4.78 is 31.8. The molecule has 1 aromatic rings. The lowest BCUT2D eigenvalue weighted by Crippen LogP contribution is -2.71. The van der Waals surface area contributed by atoms with E-state index in [1.165, 1.54) is 6.92 Å². The van der Waals surface area contributed by atoms with Gasteiger partial charge in [0, 0.05) is 30.6 Å². The van der Waals surface area contributed by atoms with Gasteiger partial charge in [-0.25, -0.2) is 4.79 Å². The first-order chi connectivity index (χ1) is 19.3. The van der Waals surface area contributed by atoms with E-state index >= 15 is 0 Å². The number of hydrogen-bond acceptors (Lipinski definition) is 9. The van der Waals surface area contributed by atoms with Gasteiger partial charge in [0.1, 0.15) is 12.2 Å². The van der Waals surface area contributed by atoms with Crippen LogP contribution in [0.3, 0.4) is 0 Å². The molecule has 3 aliphatic carbocycles. The molecule has 9 nitrogen and oxygen atoms in total. The highest BCUT2D eigenvalue weighted by molar-refractivity contribution is 5.89. The number of carbonyl (C=O) groups is 2. The maximum Gasteiger partial charge on any atom is 0.338 e. The Morgan fingerprint density at radius 3 is 2.46 bits per heavy atom. The zero-order valence-electron chi connectivity index (χ0n) is 24.2. The van der Waals surface area contributed by atoms with Crippen LogP contribution in [-0.2, 0) is 28.5 Å². The first-order valence-corrected chi connectivity index (χ1v) is 14.4. The van der Waals surface area contributed by atoms with Crippen LogP contribution >= 0.6 is 0 Å². The van der Waals surface area contributed by atoms with Crippen molar-refractivity contribution in [1.82, 2.24) is 0 Å². The second-order valence-electron chi connectivity index (χ2n) is 13.0. The molecule has 0 spiro atoms. The van der Waals surface area contributed by atoms with Crippen LogP contribution in [0.5, 0.6) is 0 Å². The van der Waals surface area contributed by atoms with Crippen LogP contribution in [0.25, 0.3) is 0 Å². The SMILES string of the molecule is C=C[C@H]1O[C@H]2C[C@H]3OC[C@H]3[C@H]3[C@H](OC(=O)c4ccccc4)C4(C(C)(C)O)C[C@H](O)C(C)=C4[C@H](OC(C)=O)[C@H](O1)[C@@]32C. The minimum Gasteiger partial charge on any atom is -0.457 e. The van der Waals surface area contributed by atoms with Gasteiger partial charge in [0.15, 0.2) is 12.4 Å². The Hall–Kier alpha value is -2.56. The molecule has 0 amide bonds. The number of hydrogen-bond donors (Lipinski definition) is 2. The molecule has 11 atom stereocenters. The second kappa shape index (κ2) is 9.74. The highest BCUT2D eigenvalue weighted by Gasteiger charge is 2.75. The number of carbonyl (C=O) groups excluding carboxylic acids is 2. The third-order valence-electron chi connectivity index (χ3n) is 10.6. The number of aliphatic hydroxyl groups excluding tert-OH is 1. The normalized spacial score (nSPS) is 43.0. The van der Waals surface area contributed by atoms with E-state index in [-0.39, 0.29) is 18.4 Å². The fourth-order valence-electron chi connectivity index (χ4n) is 8.64. The van der Waals surface area contributed by atoms with Gasteiger partial charge in [-0.15, -0.1) is 0 Å². The predicted octanol–water partition coefficient (Wildman–Crippen LogP) is 3.33. The molecule has 4 fully saturated rings. The molecule has 6 rings (SSSR count). The average Bonchev–Trinajstić information content (AvgIpc) is 3.14. The summed E-state index contributed by atoms with van der Waals surface area (Å²) in [6.45, 7) is 12.8. The summed E-state index contributed by atoms with van der Waals surface area (Å²) in [4.78, 5) is 26.6. The summed E-state index contributed by atoms with van der Waals surface area (Å²) in [6, 6.07) is 8.73. The first kappa shape index (κ1) is 28.6. The van der Waals surface area contributed by atoms with Crippen LogP contribution in [-0.4, -0.2) is 77.3 Å². The largest absolute Gasteiger partial charge is 0.457 e. The van der Waals surface area contributed by atoms with Crippen molar-refractivity contribution in [3.05, 3.63) is 59.7 Å². The fourth-order valence-corrected chi connectivity index (χ4v) is 8.64. The van der Waals surface area contributed by atoms with Gasteiger partial charge >= 0.3 is 11.9 Å². The molecule has 2 saturated heterocycles. The maximum absolute atomic E-state index is 13.9. The summed E-state index contributed by atoms with van der Waals surface area (Å²) in [6.07, 6.45) is -2.71. The van der Waals surface area contributed by atoms with Crippen LogP contribution in [0.4, 0.5) is 0 Å². The van der Waals surface area contributed by atoms with E-state index in [0.29, 0.717) is 29.7 Å². The van der Waals surface area contributed by atoms with Crippen LogP contribution in [0.15, 0.2) is 54.1 Å². The van der Waals surface area contributed by atoms with Crippen molar-refractivity contribution < 1.29 is 43.5 Å². The smallest absolute Gasteiger partial charge is 0.338 e. The molecule has 5 aliphatic rings. The Labute approximate surface area is 240 Å². The number of ether oxygens (including phenoxy) is 5. The van der Waals surface area contributed by atoms with Gasteiger partial charge in [-0.1, -0.05) is 31.7 Å². The molecular weight excluding hydrogens is 528 g/mol. The van der Waals surface area contributed by atoms with Crippen molar-refractivity contribution in [3.8, 4) is 0 Å². The van der Waals surface area contributed by atoms with Gasteiger partial charge in [0.25, 0.3) is 0 Å². The number of esters is 2. The van der Waals surface area contributed by atoms with Crippen LogP contribution < -0.4 is 0 Å². The highest BCUT2D eigenvalue weighted by atomic mass is 16.7. The zero-order valence-corrected chi connectivity index (χ0v) is 24.2. The van der Waals surface area contributed by atoms with E-state index in [1.54, 1.807) is 51.1 Å². The first-order valence-electron chi connectivity index (χ1n) is 14.4. The third-order valence-corrected chi connectivity index (χ3v) is 10.6. The molecule has 2 heterocycles. The predicted molar refractivity (Wildman–Crippen MR) is 146 cm³/mol. The summed E-state index contributed by atoms with van der Waals surface area (Å²) in [5, 5.41) is 23.6. The number of rotatable bonds is 5. The second-order valence-corrected chi connectivity index (χ2v) is 13.0. The molecule has 41 heavy (non-hydrogen) atoms. The number of benzene rings is 1. The van der Waals surface area contributed by atoms with E-state index in [0.717, 1.165) is 0 Å². The highest BCUT2D eigenvalue weighted by Crippen LogP contribution is 2.68. The Morgan fingerprint density at radius 2 is 1.88 bits per heavy atom. The zero-order chi connectivity index (χ0) is 29.5. The van der Waals surface area contributed by atoms with Crippen molar-refractivity contribution in [3.63, 3.8) is 0 Å². The van der Waals surface area contributed by atoms with E-state index < -0.39 is 71.1 Å². The van der Waals surface area contributed by atoms with Gasteiger partial charge in [0.05, 0.1) is 41.5 Å². The third kappa shape index (κ3) is 4.00. The number of aliphatic hydroxyl groups is 2. The van der Waals surface area contributed by atoms with Crippen LogP contribution in [0.1, 0.15) is 57.8 Å². The monoisotopic (exact) mass is 568 g/mol. The summed E-state index contributed by atoms with van der Waals surface area (Å²) in [5.74, 6) is -1.54. The van der Waals surface area contributed by atoms with Gasteiger partial charge in [0.2, 0.25) is 0 Å². The van der Waals surface area contributed by atoms with Gasteiger partial charge < -0.3 is 33.9 Å². The van der Waals surface area contributed by atoms with Crippen LogP contribution in [0.2, 0.25) is 0 Å². The molecule has 0 bridgehead atoms. The van der Waals surface area contributed by atoms with Crippen molar-refractivity contribution in [2.75, 3.05) is 6.61 Å². The Bertz CT molecular complexity index is 1270. The lowest BCUT2D eigenvalue weighted by Gasteiger charge is -2.63. The maximum atomic E-state index is 13.9. The van der Waals surface area contributed by atoms with Crippen molar-refractivity contribution in [2.24, 2.45) is 22.7 Å². The topological polar surface area (TPSA) is 121 Å². The van der Waals surface area contributed by atoms with Crippen molar-refractivity contribution in [1.29, 1.82) is 0 Å². The molecule has 222 valence electrons. The Kier molecular flexibility index (Phi) is 6.78. The van der Waals surface area contributed by atoms with Gasteiger partial charge in [-0.3, -0.25) is 4.79 Å². The molecular formula is C32H40O9. The molecule has 2 N–H and O–H groups in total. The van der Waals surface area contributed by atoms with E-state index in [4.69, 9.17) is 23.7 Å². The molecule has 0 radical (unpaired) electrons. The number of fused-ring (bicyclic) bond motifs is 3. The van der Waals surface area contributed by atoms with E-state index in [1.807, 2.05) is 13.0 Å². The van der Waals surface area contributed by atoms with Crippen molar-refractivity contribution in [2.45, 2.75) is 96.0 Å². The van der Waals surface area contributed by atoms with E-state index in [9.17, 15) is 19.8 Å². The van der Waals surface area contributed by atoms with Gasteiger partial charge in [-0.05, 0) is 56.5 Å². The molecule has 9 heteroatoms. The van der Waals surface area contributed by atoms with Crippen molar-refractivity contribution >= 4 is 11.9 Å². The van der Waals surface area contributed by atoms with Crippen LogP contribution in [0, 0.1) is 22.7 Å². The molecule has 0 aromatic heterocycles. The van der Waals surface area contributed by atoms with Gasteiger partial charge in [-0.2, -0.15) is 0 Å². The summed E-state index contributed by atoms with van der Waals surface area (Å²) in [5.41, 5.74) is -2.17. The Balaban J connectivity index is 1.64. The minimum absolute atomic E-state index is 0.0468. The average molecular weight is 569 g/mol. The minimum atomic E-state index is -1.52. The summed E-state index contributed by atoms with van der Waals surface area (Å²) >= 11 is 0.